The van der Waals surface area contributed by atoms with Crippen LogP contribution < -0.4 is 14.8 Å². The molecule has 2 N–H and O–H groups in total. The molecule has 4 aromatic rings. The third-order valence-corrected chi connectivity index (χ3v) is 7.05. The van der Waals surface area contributed by atoms with Crippen molar-refractivity contribution in [1.82, 2.24) is 9.38 Å². The molecule has 2 aromatic carbocycles. The summed E-state index contributed by atoms with van der Waals surface area (Å²) in [5.74, 6) is -0.107. The molecular formula is C20H17ClN4O4S2. The summed E-state index contributed by atoms with van der Waals surface area (Å²) >= 11 is 7.46. The molecule has 11 heteroatoms. The molecule has 0 saturated heterocycles. The van der Waals surface area contributed by atoms with E-state index in [1.165, 1.54) is 24.5 Å². The number of sulfonamides is 1. The summed E-state index contributed by atoms with van der Waals surface area (Å²) in [6.07, 6.45) is 1.69. The fraction of sp³-hybridized carbons (Fsp3) is 0.100. The van der Waals surface area contributed by atoms with E-state index in [4.69, 9.17) is 16.3 Å². The Bertz CT molecular complexity index is 1400. The fourth-order valence-electron chi connectivity index (χ4n) is 3.05. The molecule has 0 radical (unpaired) electrons. The number of aryl methyl sites for hydroxylation is 1. The monoisotopic (exact) mass is 476 g/mol. The lowest BCUT2D eigenvalue weighted by atomic mass is 10.2. The number of imidazole rings is 1. The van der Waals surface area contributed by atoms with Crippen LogP contribution in [0.5, 0.6) is 5.75 Å². The Kier molecular flexibility index (Phi) is 5.61. The molecule has 0 unspecified atom stereocenters. The maximum Gasteiger partial charge on any atom is 0.275 e. The lowest BCUT2D eigenvalue weighted by molar-refractivity contribution is 0.102. The van der Waals surface area contributed by atoms with E-state index in [2.05, 4.69) is 15.0 Å². The second-order valence-electron chi connectivity index (χ2n) is 6.55. The first-order valence-corrected chi connectivity index (χ1v) is 11.7. The van der Waals surface area contributed by atoms with Gasteiger partial charge in [-0.1, -0.05) is 29.8 Å². The van der Waals surface area contributed by atoms with Gasteiger partial charge in [-0.2, -0.15) is 0 Å². The van der Waals surface area contributed by atoms with E-state index in [1.54, 1.807) is 59.3 Å². The van der Waals surface area contributed by atoms with Gasteiger partial charge in [-0.3, -0.25) is 13.9 Å². The highest BCUT2D eigenvalue weighted by molar-refractivity contribution is 7.92. The van der Waals surface area contributed by atoms with E-state index in [0.717, 1.165) is 0 Å². The van der Waals surface area contributed by atoms with E-state index >= 15 is 0 Å². The van der Waals surface area contributed by atoms with Gasteiger partial charge in [-0.25, -0.2) is 13.4 Å². The fourth-order valence-corrected chi connectivity index (χ4v) is 5.41. The minimum atomic E-state index is -3.95. The Balaban J connectivity index is 1.64. The molecule has 31 heavy (non-hydrogen) atoms. The summed E-state index contributed by atoms with van der Waals surface area (Å²) in [6, 6.07) is 11.3. The van der Waals surface area contributed by atoms with Crippen molar-refractivity contribution in [2.45, 2.75) is 11.8 Å². The summed E-state index contributed by atoms with van der Waals surface area (Å²) in [5, 5.41) is 4.56. The average Bonchev–Trinajstić information content (AvgIpc) is 3.29. The number of carbonyl (C=O) groups excluding carboxylic acids is 1. The lowest BCUT2D eigenvalue weighted by Gasteiger charge is -2.14. The third-order valence-electron chi connectivity index (χ3n) is 4.52. The number of benzene rings is 2. The topological polar surface area (TPSA) is 102 Å². The van der Waals surface area contributed by atoms with Crippen LogP contribution >= 0.6 is 22.9 Å². The zero-order valence-electron chi connectivity index (χ0n) is 16.4. The Hall–Kier alpha value is -3.08. The van der Waals surface area contributed by atoms with Gasteiger partial charge in [0.05, 0.1) is 17.7 Å². The number of amides is 1. The summed E-state index contributed by atoms with van der Waals surface area (Å²) in [4.78, 5) is 17.5. The Labute approximate surface area is 187 Å². The highest BCUT2D eigenvalue weighted by Gasteiger charge is 2.22. The SMILES string of the molecule is COc1ccccc1NS(=O)(=O)c1cc(NC(=O)c2c(Cl)nc3sccn23)ccc1C. The molecule has 2 aromatic heterocycles. The maximum atomic E-state index is 13.0. The number of nitrogens with one attached hydrogen (secondary N) is 2. The van der Waals surface area contributed by atoms with Crippen LogP contribution in [-0.4, -0.2) is 30.8 Å². The first kappa shape index (κ1) is 21.2. The van der Waals surface area contributed by atoms with Gasteiger partial charge in [0.1, 0.15) is 5.75 Å². The van der Waals surface area contributed by atoms with E-state index in [0.29, 0.717) is 27.6 Å². The summed E-state index contributed by atoms with van der Waals surface area (Å²) in [7, 11) is -2.49. The lowest BCUT2D eigenvalue weighted by Crippen LogP contribution is -2.17. The van der Waals surface area contributed by atoms with Crippen molar-refractivity contribution in [2.24, 2.45) is 0 Å². The first-order chi connectivity index (χ1) is 14.8. The number of anilines is 2. The second-order valence-corrected chi connectivity index (χ2v) is 9.43. The Morgan fingerprint density at radius 3 is 2.77 bits per heavy atom. The van der Waals surface area contributed by atoms with Crippen molar-refractivity contribution in [3.8, 4) is 5.75 Å². The number of methoxy groups -OCH3 is 1. The smallest absolute Gasteiger partial charge is 0.275 e. The molecule has 0 aliphatic rings. The first-order valence-electron chi connectivity index (χ1n) is 8.99. The van der Waals surface area contributed by atoms with E-state index in [-0.39, 0.29) is 15.7 Å². The minimum Gasteiger partial charge on any atom is -0.495 e. The van der Waals surface area contributed by atoms with Crippen LogP contribution in [0.1, 0.15) is 16.1 Å². The Morgan fingerprint density at radius 2 is 2.00 bits per heavy atom. The van der Waals surface area contributed by atoms with Crippen LogP contribution in [-0.2, 0) is 10.0 Å². The Morgan fingerprint density at radius 1 is 1.23 bits per heavy atom. The van der Waals surface area contributed by atoms with E-state index in [9.17, 15) is 13.2 Å². The second kappa shape index (κ2) is 8.22. The van der Waals surface area contributed by atoms with Crippen molar-refractivity contribution in [2.75, 3.05) is 17.1 Å². The number of aromatic nitrogens is 2. The van der Waals surface area contributed by atoms with E-state index < -0.39 is 15.9 Å². The van der Waals surface area contributed by atoms with Crippen LogP contribution in [0.2, 0.25) is 5.15 Å². The highest BCUT2D eigenvalue weighted by atomic mass is 35.5. The maximum absolute atomic E-state index is 13.0. The number of thiazole rings is 1. The highest BCUT2D eigenvalue weighted by Crippen LogP contribution is 2.29. The van der Waals surface area contributed by atoms with Gasteiger partial charge in [0.15, 0.2) is 15.8 Å². The molecule has 0 atom stereocenters. The quantitative estimate of drug-likeness (QED) is 0.429. The number of nitrogens with zero attached hydrogens (tertiary/aromatic N) is 2. The summed E-state index contributed by atoms with van der Waals surface area (Å²) in [5.41, 5.74) is 1.31. The molecule has 160 valence electrons. The minimum absolute atomic E-state index is 0.0243. The van der Waals surface area contributed by atoms with Gasteiger partial charge in [0.25, 0.3) is 15.9 Å². The van der Waals surface area contributed by atoms with Gasteiger partial charge < -0.3 is 10.1 Å². The van der Waals surface area contributed by atoms with Gasteiger partial charge >= 0.3 is 0 Å². The number of hydrogen-bond donors (Lipinski definition) is 2. The van der Waals surface area contributed by atoms with Crippen molar-refractivity contribution < 1.29 is 17.9 Å². The molecule has 0 saturated carbocycles. The number of halogens is 1. The van der Waals surface area contributed by atoms with Gasteiger partial charge in [-0.05, 0) is 36.8 Å². The van der Waals surface area contributed by atoms with Crippen LogP contribution in [0.15, 0.2) is 58.9 Å². The largest absolute Gasteiger partial charge is 0.495 e. The number of ether oxygens (including phenoxy) is 1. The molecule has 0 bridgehead atoms. The molecule has 0 aliphatic heterocycles. The zero-order valence-corrected chi connectivity index (χ0v) is 18.8. The molecule has 4 rings (SSSR count). The van der Waals surface area contributed by atoms with Gasteiger partial charge in [-0.15, -0.1) is 11.3 Å². The number of hydrogen-bond acceptors (Lipinski definition) is 6. The molecule has 0 fully saturated rings. The van der Waals surface area contributed by atoms with Gasteiger partial charge in [0.2, 0.25) is 0 Å². The predicted molar refractivity (Wildman–Crippen MR) is 121 cm³/mol. The molecular weight excluding hydrogens is 460 g/mol. The van der Waals surface area contributed by atoms with Crippen LogP contribution in [0.25, 0.3) is 4.96 Å². The number of carbonyl (C=O) groups is 1. The molecule has 2 heterocycles. The standard InChI is InChI=1S/C20H17ClN4O4S2/c1-12-7-8-13(22-19(26)17-18(21)23-20-25(17)9-10-30-20)11-16(12)31(27,28)24-14-5-3-4-6-15(14)29-2/h3-11,24H,1-2H3,(H,22,26). The van der Waals surface area contributed by atoms with Gasteiger partial charge in [0, 0.05) is 17.3 Å². The van der Waals surface area contributed by atoms with Crippen molar-refractivity contribution >= 4 is 55.2 Å². The molecule has 8 nitrogen and oxygen atoms in total. The molecule has 1 amide bonds. The van der Waals surface area contributed by atoms with Crippen LogP contribution in [0, 0.1) is 6.92 Å². The molecule has 0 spiro atoms. The summed E-state index contributed by atoms with van der Waals surface area (Å²) < 4.78 is 35.4. The van der Waals surface area contributed by atoms with Crippen molar-refractivity contribution in [3.63, 3.8) is 0 Å². The predicted octanol–water partition coefficient (Wildman–Crippen LogP) is 4.42. The summed E-state index contributed by atoms with van der Waals surface area (Å²) in [6.45, 7) is 1.67. The molecule has 0 aliphatic carbocycles. The van der Waals surface area contributed by atoms with Crippen LogP contribution in [0.3, 0.4) is 0 Å². The zero-order chi connectivity index (χ0) is 22.2. The normalized spacial score (nSPS) is 11.5. The number of rotatable bonds is 6. The number of fused-ring (bicyclic) bond motifs is 1. The van der Waals surface area contributed by atoms with E-state index in [1.807, 2.05) is 0 Å². The number of para-hydroxylation sites is 2. The van der Waals surface area contributed by atoms with Crippen molar-refractivity contribution in [1.29, 1.82) is 0 Å². The van der Waals surface area contributed by atoms with Crippen molar-refractivity contribution in [3.05, 3.63) is 70.5 Å². The third kappa shape index (κ3) is 4.09. The van der Waals surface area contributed by atoms with Crippen LogP contribution in [0.4, 0.5) is 11.4 Å². The average molecular weight is 477 g/mol.